The normalized spacial score (nSPS) is 11.5. The van der Waals surface area contributed by atoms with Gasteiger partial charge in [0.1, 0.15) is 6.10 Å². The molecule has 1 amide bonds. The van der Waals surface area contributed by atoms with E-state index in [2.05, 4.69) is 60.9 Å². The van der Waals surface area contributed by atoms with Gasteiger partial charge in [-0.05, 0) is 28.5 Å². The molecule has 0 aliphatic carbocycles. The van der Waals surface area contributed by atoms with Crippen molar-refractivity contribution in [2.24, 2.45) is 5.41 Å². The van der Waals surface area contributed by atoms with E-state index in [4.69, 9.17) is 4.74 Å². The Labute approximate surface area is 198 Å². The Kier molecular flexibility index (Phi) is 9.67. The van der Waals surface area contributed by atoms with Gasteiger partial charge in [-0.3, -0.25) is 4.79 Å². The SMILES string of the molecule is CC(C)(CNCCOC(c1ccccc1)c1ccccc1)CNC(=O)CCc1ccccc1. The highest BCUT2D eigenvalue weighted by molar-refractivity contribution is 5.76. The van der Waals surface area contributed by atoms with Gasteiger partial charge in [-0.2, -0.15) is 0 Å². The zero-order valence-electron chi connectivity index (χ0n) is 19.8. The molecule has 0 fully saturated rings. The van der Waals surface area contributed by atoms with Crippen molar-refractivity contribution in [2.75, 3.05) is 26.2 Å². The van der Waals surface area contributed by atoms with Gasteiger partial charge in [-0.1, -0.05) is 105 Å². The lowest BCUT2D eigenvalue weighted by Crippen LogP contribution is -2.41. The number of aryl methyl sites for hydroxylation is 1. The van der Waals surface area contributed by atoms with Crippen LogP contribution in [0.5, 0.6) is 0 Å². The van der Waals surface area contributed by atoms with Gasteiger partial charge in [0.05, 0.1) is 6.61 Å². The molecule has 0 spiro atoms. The summed E-state index contributed by atoms with van der Waals surface area (Å²) < 4.78 is 6.27. The summed E-state index contributed by atoms with van der Waals surface area (Å²) in [5, 5.41) is 6.57. The first-order chi connectivity index (χ1) is 16.0. The number of carbonyl (C=O) groups excluding carboxylic acids is 1. The maximum absolute atomic E-state index is 12.2. The first-order valence-electron chi connectivity index (χ1n) is 11.8. The second-order valence-electron chi connectivity index (χ2n) is 9.18. The molecule has 0 heterocycles. The van der Waals surface area contributed by atoms with Crippen LogP contribution in [-0.4, -0.2) is 32.1 Å². The van der Waals surface area contributed by atoms with E-state index in [9.17, 15) is 4.79 Å². The first kappa shape index (κ1) is 24.7. The largest absolute Gasteiger partial charge is 0.367 e. The maximum atomic E-state index is 12.2. The fourth-order valence-corrected chi connectivity index (χ4v) is 3.71. The van der Waals surface area contributed by atoms with Gasteiger partial charge < -0.3 is 15.4 Å². The van der Waals surface area contributed by atoms with Crippen LogP contribution in [0.3, 0.4) is 0 Å². The van der Waals surface area contributed by atoms with E-state index in [1.165, 1.54) is 5.56 Å². The summed E-state index contributed by atoms with van der Waals surface area (Å²) in [6.07, 6.45) is 1.21. The lowest BCUT2D eigenvalue weighted by Gasteiger charge is -2.26. The average Bonchev–Trinajstić information content (AvgIpc) is 2.85. The Morgan fingerprint density at radius 1 is 0.818 bits per heavy atom. The first-order valence-corrected chi connectivity index (χ1v) is 11.8. The van der Waals surface area contributed by atoms with Crippen LogP contribution in [0, 0.1) is 5.41 Å². The quantitative estimate of drug-likeness (QED) is 0.358. The molecule has 0 aliphatic heterocycles. The highest BCUT2D eigenvalue weighted by Gasteiger charge is 2.19. The lowest BCUT2D eigenvalue weighted by molar-refractivity contribution is -0.121. The Balaban J connectivity index is 1.37. The molecule has 0 saturated carbocycles. The number of carbonyl (C=O) groups is 1. The summed E-state index contributed by atoms with van der Waals surface area (Å²) in [4.78, 5) is 12.2. The molecule has 0 unspecified atom stereocenters. The summed E-state index contributed by atoms with van der Waals surface area (Å²) >= 11 is 0. The number of hydrogen-bond acceptors (Lipinski definition) is 3. The van der Waals surface area contributed by atoms with Crippen molar-refractivity contribution >= 4 is 5.91 Å². The smallest absolute Gasteiger partial charge is 0.220 e. The third-order valence-corrected chi connectivity index (χ3v) is 5.62. The van der Waals surface area contributed by atoms with E-state index in [1.54, 1.807) is 0 Å². The van der Waals surface area contributed by atoms with E-state index < -0.39 is 0 Å². The van der Waals surface area contributed by atoms with Gasteiger partial charge in [0.2, 0.25) is 5.91 Å². The van der Waals surface area contributed by atoms with E-state index in [0.29, 0.717) is 19.6 Å². The zero-order chi connectivity index (χ0) is 23.4. The minimum absolute atomic E-state index is 0.0410. The summed E-state index contributed by atoms with van der Waals surface area (Å²) in [5.41, 5.74) is 3.46. The second kappa shape index (κ2) is 12.9. The number of nitrogens with one attached hydrogen (secondary N) is 2. The van der Waals surface area contributed by atoms with Crippen molar-refractivity contribution < 1.29 is 9.53 Å². The predicted octanol–water partition coefficient (Wildman–Crippen LogP) is 5.16. The molecule has 33 heavy (non-hydrogen) atoms. The van der Waals surface area contributed by atoms with Crippen molar-refractivity contribution in [3.05, 3.63) is 108 Å². The number of rotatable bonds is 13. The Hall–Kier alpha value is -2.95. The van der Waals surface area contributed by atoms with E-state index in [0.717, 1.165) is 30.6 Å². The van der Waals surface area contributed by atoms with Crippen LogP contribution in [0.2, 0.25) is 0 Å². The van der Waals surface area contributed by atoms with Gasteiger partial charge in [-0.25, -0.2) is 0 Å². The van der Waals surface area contributed by atoms with Crippen molar-refractivity contribution in [1.82, 2.24) is 10.6 Å². The van der Waals surface area contributed by atoms with Crippen LogP contribution in [0.25, 0.3) is 0 Å². The van der Waals surface area contributed by atoms with Crippen LogP contribution in [0.4, 0.5) is 0 Å². The average molecular weight is 445 g/mol. The Morgan fingerprint density at radius 2 is 1.36 bits per heavy atom. The molecule has 174 valence electrons. The highest BCUT2D eigenvalue weighted by Crippen LogP contribution is 2.25. The molecule has 2 N–H and O–H groups in total. The fourth-order valence-electron chi connectivity index (χ4n) is 3.71. The van der Waals surface area contributed by atoms with Crippen molar-refractivity contribution in [2.45, 2.75) is 32.8 Å². The molecule has 0 radical (unpaired) electrons. The standard InChI is InChI=1S/C29H36N2O2/c1-29(2,23-31-27(32)19-18-24-12-6-3-7-13-24)22-30-20-21-33-28(25-14-8-4-9-15-25)26-16-10-5-11-17-26/h3-17,28,30H,18-23H2,1-2H3,(H,31,32). The summed E-state index contributed by atoms with van der Waals surface area (Å²) in [6.45, 7) is 7.13. The topological polar surface area (TPSA) is 50.4 Å². The number of ether oxygens (including phenoxy) is 1. The molecule has 0 aliphatic rings. The summed E-state index contributed by atoms with van der Waals surface area (Å²) in [5.74, 6) is 0.101. The molecule has 0 aromatic heterocycles. The van der Waals surface area contributed by atoms with Crippen LogP contribution in [0.1, 0.15) is 43.1 Å². The molecular weight excluding hydrogens is 408 g/mol. The summed E-state index contributed by atoms with van der Waals surface area (Å²) in [6, 6.07) is 30.8. The number of benzene rings is 3. The van der Waals surface area contributed by atoms with Gasteiger partial charge in [-0.15, -0.1) is 0 Å². The minimum Gasteiger partial charge on any atom is -0.367 e. The van der Waals surface area contributed by atoms with Crippen LogP contribution in [0.15, 0.2) is 91.0 Å². The minimum atomic E-state index is -0.0777. The molecule has 4 nitrogen and oxygen atoms in total. The third-order valence-electron chi connectivity index (χ3n) is 5.62. The zero-order valence-corrected chi connectivity index (χ0v) is 19.8. The number of amides is 1. The maximum Gasteiger partial charge on any atom is 0.220 e. The van der Waals surface area contributed by atoms with Gasteiger partial charge in [0, 0.05) is 26.1 Å². The van der Waals surface area contributed by atoms with Crippen LogP contribution >= 0.6 is 0 Å². The monoisotopic (exact) mass is 444 g/mol. The predicted molar refractivity (Wildman–Crippen MR) is 135 cm³/mol. The molecule has 0 atom stereocenters. The second-order valence-corrected chi connectivity index (χ2v) is 9.18. The Morgan fingerprint density at radius 3 is 1.94 bits per heavy atom. The van der Waals surface area contributed by atoms with Crippen molar-refractivity contribution in [3.63, 3.8) is 0 Å². The third kappa shape index (κ3) is 8.83. The van der Waals surface area contributed by atoms with E-state index in [-0.39, 0.29) is 17.4 Å². The molecular formula is C29H36N2O2. The lowest BCUT2D eigenvalue weighted by atomic mass is 9.93. The molecule has 0 bridgehead atoms. The molecule has 0 saturated heterocycles. The van der Waals surface area contributed by atoms with Gasteiger partial charge >= 0.3 is 0 Å². The molecule has 4 heteroatoms. The highest BCUT2D eigenvalue weighted by atomic mass is 16.5. The molecule has 3 aromatic carbocycles. The fraction of sp³-hybridized carbons (Fsp3) is 0.345. The summed E-state index contributed by atoms with van der Waals surface area (Å²) in [7, 11) is 0. The molecule has 3 aromatic rings. The van der Waals surface area contributed by atoms with Crippen molar-refractivity contribution in [3.8, 4) is 0 Å². The van der Waals surface area contributed by atoms with Crippen LogP contribution < -0.4 is 10.6 Å². The van der Waals surface area contributed by atoms with Crippen LogP contribution in [-0.2, 0) is 16.0 Å². The van der Waals surface area contributed by atoms with E-state index in [1.807, 2.05) is 54.6 Å². The molecule has 3 rings (SSSR count). The van der Waals surface area contributed by atoms with Crippen molar-refractivity contribution in [1.29, 1.82) is 0 Å². The van der Waals surface area contributed by atoms with E-state index >= 15 is 0 Å². The van der Waals surface area contributed by atoms with Gasteiger partial charge in [0.25, 0.3) is 0 Å². The van der Waals surface area contributed by atoms with Gasteiger partial charge in [0.15, 0.2) is 0 Å². The Bertz CT molecular complexity index is 904. The number of hydrogen-bond donors (Lipinski definition) is 2.